The predicted octanol–water partition coefficient (Wildman–Crippen LogP) is 11.4. The minimum Gasteiger partial charge on any atom is -0.487 e. The fourth-order valence-corrected chi connectivity index (χ4v) is 11.4. The van der Waals surface area contributed by atoms with Crippen LogP contribution in [0.25, 0.3) is 10.9 Å². The lowest BCUT2D eigenvalue weighted by Crippen LogP contribution is -2.49. The molecule has 0 spiro atoms. The average molecular weight is 1050 g/mol. The number of pyridine rings is 1. The van der Waals surface area contributed by atoms with Crippen molar-refractivity contribution >= 4 is 51.9 Å². The van der Waals surface area contributed by atoms with Gasteiger partial charge in [-0.25, -0.2) is 22.9 Å². The molecule has 0 bridgehead atoms. The van der Waals surface area contributed by atoms with Gasteiger partial charge in [0.2, 0.25) is 5.43 Å². The molecule has 1 atom stereocenters. The van der Waals surface area contributed by atoms with E-state index < -0.39 is 64.0 Å². The lowest BCUT2D eigenvalue weighted by atomic mass is 9.92. The third-order valence-corrected chi connectivity index (χ3v) is 16.7. The Bertz CT molecular complexity index is 3030. The summed E-state index contributed by atoms with van der Waals surface area (Å²) in [4.78, 5) is 43.6. The number of hydrogen-bond donors (Lipinski definition) is 0. The van der Waals surface area contributed by atoms with Crippen molar-refractivity contribution in [3.05, 3.63) is 172 Å². The van der Waals surface area contributed by atoms with Gasteiger partial charge in [-0.05, 0) is 85.5 Å². The van der Waals surface area contributed by atoms with Gasteiger partial charge in [0.15, 0.2) is 21.3 Å². The normalized spacial score (nSPS) is 17.3. The Morgan fingerprint density at radius 2 is 1.38 bits per heavy atom. The van der Waals surface area contributed by atoms with Gasteiger partial charge < -0.3 is 28.1 Å². The number of ether oxygens (including phenoxy) is 3. The molecule has 0 N–H and O–H groups in total. The molecular weight excluding hydrogens is 988 g/mol. The number of aromatic nitrogens is 1. The van der Waals surface area contributed by atoms with Crippen LogP contribution in [0.3, 0.4) is 0 Å². The average Bonchev–Trinajstić information content (AvgIpc) is 4.17. The Kier molecular flexibility index (Phi) is 15.6. The zero-order valence-corrected chi connectivity index (χ0v) is 44.6. The zero-order chi connectivity index (χ0) is 52.3. The molecule has 74 heavy (non-hydrogen) atoms. The number of benzene rings is 5. The number of anilines is 2. The fraction of sp³-hybridized carbons (Fsp3) is 0.375. The Balaban J connectivity index is 0.977. The second-order valence-corrected chi connectivity index (χ2v) is 25.3. The van der Waals surface area contributed by atoms with E-state index in [4.69, 9.17) is 32.2 Å². The second-order valence-electron chi connectivity index (χ2n) is 21.0. The van der Waals surface area contributed by atoms with E-state index in [1.165, 1.54) is 29.3 Å². The van der Waals surface area contributed by atoms with Crippen LogP contribution < -0.4 is 20.0 Å². The number of carbonyl (C=O) groups is 2. The quantitative estimate of drug-likeness (QED) is 0.0408. The van der Waals surface area contributed by atoms with E-state index in [2.05, 4.69) is 20.8 Å². The summed E-state index contributed by atoms with van der Waals surface area (Å²) in [5.41, 5.74) is 0.107. The van der Waals surface area contributed by atoms with Crippen molar-refractivity contribution in [1.82, 2.24) is 4.57 Å². The number of carbonyl (C=O) groups excluding carboxylic acids is 2. The Morgan fingerprint density at radius 1 is 0.784 bits per heavy atom. The number of hydrogen-bond acceptors (Lipinski definition) is 12. The lowest BCUT2D eigenvalue weighted by Gasteiger charge is -2.43. The first kappa shape index (κ1) is 52.7. The third kappa shape index (κ3) is 12.6. The molecule has 2 saturated heterocycles. The van der Waals surface area contributed by atoms with E-state index in [0.29, 0.717) is 16.6 Å². The minimum absolute atomic E-state index is 0.000371. The Labute approximate surface area is 432 Å². The van der Waals surface area contributed by atoms with Crippen LogP contribution in [0.2, 0.25) is 5.04 Å². The minimum atomic E-state index is -4.47. The van der Waals surface area contributed by atoms with Gasteiger partial charge >= 0.3 is 19.9 Å². The number of cyclic esters (lactones) is 1. The molecule has 3 heterocycles. The van der Waals surface area contributed by atoms with Gasteiger partial charge in [0.05, 0.1) is 42.3 Å². The van der Waals surface area contributed by atoms with Crippen LogP contribution >= 0.6 is 7.82 Å². The molecule has 9 rings (SSSR count). The molecule has 1 aromatic heterocycles. The smallest absolute Gasteiger partial charge is 0.476 e. The van der Waals surface area contributed by atoms with Crippen LogP contribution in [0, 0.1) is 11.6 Å². The number of nitrogens with zero attached hydrogens (tertiary/aromatic N) is 3. The van der Waals surface area contributed by atoms with Gasteiger partial charge in [0.1, 0.15) is 36.3 Å². The molecule has 2 aliphatic heterocycles. The molecule has 14 nitrogen and oxygen atoms in total. The van der Waals surface area contributed by atoms with Crippen molar-refractivity contribution in [2.24, 2.45) is 0 Å². The van der Waals surface area contributed by atoms with Gasteiger partial charge in [0.25, 0.3) is 0 Å². The van der Waals surface area contributed by atoms with Crippen molar-refractivity contribution in [2.75, 3.05) is 36.0 Å². The van der Waals surface area contributed by atoms with E-state index in [0.717, 1.165) is 18.4 Å². The van der Waals surface area contributed by atoms with E-state index >= 15 is 13.3 Å². The van der Waals surface area contributed by atoms with E-state index in [1.54, 1.807) is 17.0 Å². The summed E-state index contributed by atoms with van der Waals surface area (Å²) in [7, 11) is -5.45. The van der Waals surface area contributed by atoms with Gasteiger partial charge in [-0.2, -0.15) is 0 Å². The number of phosphoric acid groups is 1. The maximum atomic E-state index is 16.5. The van der Waals surface area contributed by atoms with Crippen molar-refractivity contribution in [3.63, 3.8) is 0 Å². The van der Waals surface area contributed by atoms with Crippen LogP contribution in [0.15, 0.2) is 132 Å². The molecule has 0 radical (unpaired) electrons. The highest BCUT2D eigenvalue weighted by Crippen LogP contribution is 2.56. The van der Waals surface area contributed by atoms with E-state index in [9.17, 15) is 14.4 Å². The third-order valence-electron chi connectivity index (χ3n) is 13.4. The molecule has 18 heteroatoms. The molecular formula is C56H62F2N3O11PSi. The molecule has 6 aromatic rings. The molecule has 5 aromatic carbocycles. The summed E-state index contributed by atoms with van der Waals surface area (Å²) >= 11 is 0. The van der Waals surface area contributed by atoms with Crippen LogP contribution in [0.1, 0.15) is 93.4 Å². The molecule has 390 valence electrons. The van der Waals surface area contributed by atoms with E-state index in [-0.39, 0.29) is 98.1 Å². The highest BCUT2D eigenvalue weighted by atomic mass is 31.2. The topological polar surface area (TPSA) is 144 Å². The number of fused-ring (bicyclic) bond motifs is 1. The number of esters is 1. The number of phosphoric ester groups is 1. The Hall–Kier alpha value is -6.20. The SMILES string of the molecule is CC(C)(C)[SiH2]OC(C)(C)[C@H]1CN(c2ccc(OCC3(OP(=O)(OCc4ccccc4)OCc4ccccc4)CCN(c4cc5c(cc4F)c(=O)c(C(=O)OCc4ccccc4)cn5C4CC4)CC3)c(F)c2)C(=O)O1. The predicted molar refractivity (Wildman–Crippen MR) is 280 cm³/mol. The summed E-state index contributed by atoms with van der Waals surface area (Å²) in [6.45, 7) is 9.94. The van der Waals surface area contributed by atoms with Gasteiger partial charge in [-0.1, -0.05) is 112 Å². The molecule has 3 aliphatic rings. The number of piperidine rings is 1. The van der Waals surface area contributed by atoms with Gasteiger partial charge in [-0.3, -0.25) is 23.3 Å². The monoisotopic (exact) mass is 1050 g/mol. The van der Waals surface area contributed by atoms with Crippen molar-refractivity contribution in [1.29, 1.82) is 0 Å². The standard InChI is InChI=1S/C56H62F2N3O11PSi/c1-54(2,3)74-72-55(4,5)50-33-61(53(64)70-50)42-23-24-49(46(58)29-42)67-37-56(71-73(65,68-35-39-17-11-7-12-18-39)69-36-40-19-13-8-14-20-40)25-27-59(28-26-56)48-31-47-43(30-45(48)57)51(62)44(32-60(47)41-21-22-41)52(63)66-34-38-15-9-6-10-16-38/h6-20,23-24,29-32,41,50H,21-22,25-28,33-37,74H2,1-5H3/t50-/m1/s1. The van der Waals surface area contributed by atoms with E-state index in [1.807, 2.05) is 109 Å². The first-order valence-corrected chi connectivity index (χ1v) is 27.7. The molecule has 1 saturated carbocycles. The molecule has 1 amide bonds. The maximum Gasteiger partial charge on any atom is 0.476 e. The Morgan fingerprint density at radius 3 is 1.95 bits per heavy atom. The van der Waals surface area contributed by atoms with Crippen molar-refractivity contribution in [2.45, 2.75) is 109 Å². The van der Waals surface area contributed by atoms with Crippen LogP contribution in [0.4, 0.5) is 25.0 Å². The largest absolute Gasteiger partial charge is 0.487 e. The van der Waals surface area contributed by atoms with Gasteiger partial charge in [0, 0.05) is 36.8 Å². The van der Waals surface area contributed by atoms with Crippen LogP contribution in [0.5, 0.6) is 5.75 Å². The zero-order valence-electron chi connectivity index (χ0n) is 42.3. The highest BCUT2D eigenvalue weighted by Gasteiger charge is 2.46. The number of halogens is 2. The second kappa shape index (κ2) is 21.9. The summed E-state index contributed by atoms with van der Waals surface area (Å²) in [6.07, 6.45) is 2.08. The summed E-state index contributed by atoms with van der Waals surface area (Å²) < 4.78 is 92.2. The maximum absolute atomic E-state index is 16.5. The number of rotatable bonds is 20. The van der Waals surface area contributed by atoms with Crippen LogP contribution in [-0.4, -0.2) is 69.9 Å². The van der Waals surface area contributed by atoms with Gasteiger partial charge in [-0.15, -0.1) is 0 Å². The first-order chi connectivity index (χ1) is 35.4. The summed E-state index contributed by atoms with van der Waals surface area (Å²) in [5.74, 6) is -2.40. The lowest BCUT2D eigenvalue weighted by molar-refractivity contribution is -0.0398. The first-order valence-electron chi connectivity index (χ1n) is 24.9. The van der Waals surface area contributed by atoms with Crippen LogP contribution in [-0.2, 0) is 51.9 Å². The van der Waals surface area contributed by atoms with Crippen molar-refractivity contribution < 1.29 is 55.1 Å². The molecule has 3 fully saturated rings. The molecule has 0 unspecified atom stereocenters. The fourth-order valence-electron chi connectivity index (χ4n) is 8.92. The molecule has 1 aliphatic carbocycles. The summed E-state index contributed by atoms with van der Waals surface area (Å²) in [6, 6.07) is 34.4. The van der Waals surface area contributed by atoms with Crippen molar-refractivity contribution in [3.8, 4) is 5.75 Å². The number of amides is 1. The highest BCUT2D eigenvalue weighted by molar-refractivity contribution is 7.48. The summed E-state index contributed by atoms with van der Waals surface area (Å²) in [5, 5.41) is 0.0701.